The molecule has 0 spiro atoms. The number of alkyl carbamates (subject to hydrolysis) is 1. The van der Waals surface area contributed by atoms with Gasteiger partial charge in [0.15, 0.2) is 12.4 Å². The van der Waals surface area contributed by atoms with E-state index in [9.17, 15) is 33.9 Å². The van der Waals surface area contributed by atoms with E-state index >= 15 is 0 Å². The van der Waals surface area contributed by atoms with Crippen molar-refractivity contribution in [3.63, 3.8) is 0 Å². The number of aliphatic carboxylic acids is 1. The number of esters is 1. The maximum atomic E-state index is 12.9. The minimum absolute atomic E-state index is 0.00458. The number of ether oxygens (including phenoxy) is 2. The lowest BCUT2D eigenvalue weighted by atomic mass is 10.0. The molecule has 45 heavy (non-hydrogen) atoms. The average molecular weight is 620 g/mol. The van der Waals surface area contributed by atoms with Crippen molar-refractivity contribution in [2.75, 3.05) is 6.61 Å². The number of rotatable bonds is 15. The summed E-state index contributed by atoms with van der Waals surface area (Å²) < 4.78 is 10.3. The molecule has 12 nitrogen and oxygen atoms in total. The molecule has 0 fully saturated rings. The summed E-state index contributed by atoms with van der Waals surface area (Å²) in [6.07, 6.45) is -1.71. The van der Waals surface area contributed by atoms with E-state index in [1.54, 1.807) is 50.2 Å². The Morgan fingerprint density at radius 3 is 2.11 bits per heavy atom. The molecular weight excluding hydrogens is 582 g/mol. The van der Waals surface area contributed by atoms with Gasteiger partial charge in [0.2, 0.25) is 11.8 Å². The molecule has 0 heterocycles. The lowest BCUT2D eigenvalue weighted by molar-refractivity contribution is -0.148. The van der Waals surface area contributed by atoms with Crippen LogP contribution in [0.25, 0.3) is 10.8 Å². The highest BCUT2D eigenvalue weighted by atomic mass is 16.5. The highest BCUT2D eigenvalue weighted by Gasteiger charge is 2.30. The second-order valence-electron chi connectivity index (χ2n) is 10.8. The molecular formula is C33H37N3O9. The summed E-state index contributed by atoms with van der Waals surface area (Å²) in [4.78, 5) is 74.9. The van der Waals surface area contributed by atoms with Crippen molar-refractivity contribution >= 4 is 46.4 Å². The van der Waals surface area contributed by atoms with Gasteiger partial charge >= 0.3 is 18.0 Å². The van der Waals surface area contributed by atoms with Crippen molar-refractivity contribution in [1.82, 2.24) is 16.0 Å². The summed E-state index contributed by atoms with van der Waals surface area (Å²) in [5.41, 5.74) is 1.46. The van der Waals surface area contributed by atoms with E-state index in [1.165, 1.54) is 6.92 Å². The minimum atomic E-state index is -1.52. The number of Topliss-reactive ketones (excluding diaryl/α,β-unsaturated/α-hetero) is 1. The number of carboxylic acids is 1. The zero-order chi connectivity index (χ0) is 32.9. The Kier molecular flexibility index (Phi) is 12.6. The van der Waals surface area contributed by atoms with Gasteiger partial charge in [0, 0.05) is 0 Å². The summed E-state index contributed by atoms with van der Waals surface area (Å²) in [7, 11) is 0. The molecule has 0 saturated carbocycles. The average Bonchev–Trinajstić information content (AvgIpc) is 3.01. The van der Waals surface area contributed by atoms with E-state index < -0.39 is 66.8 Å². The van der Waals surface area contributed by atoms with E-state index in [0.29, 0.717) is 5.56 Å². The molecule has 0 radical (unpaired) electrons. The number of fused-ring (bicyclic) bond motifs is 1. The number of carbonyl (C=O) groups excluding carboxylic acids is 5. The van der Waals surface area contributed by atoms with Crippen LogP contribution in [0.3, 0.4) is 0 Å². The molecule has 238 valence electrons. The minimum Gasteiger partial charge on any atom is -0.481 e. The van der Waals surface area contributed by atoms with Crippen molar-refractivity contribution in [3.05, 3.63) is 83.9 Å². The molecule has 0 saturated heterocycles. The molecule has 0 aromatic heterocycles. The molecule has 3 amide bonds. The normalized spacial score (nSPS) is 12.8. The van der Waals surface area contributed by atoms with Crippen LogP contribution in [-0.2, 0) is 46.5 Å². The van der Waals surface area contributed by atoms with Gasteiger partial charge in [0.05, 0.1) is 12.8 Å². The second kappa shape index (κ2) is 16.6. The molecule has 0 aliphatic heterocycles. The Balaban J connectivity index is 1.53. The zero-order valence-electron chi connectivity index (χ0n) is 25.3. The molecule has 3 aromatic rings. The standard InChI is InChI=1S/C33H37N3O9/c1-20(2)30(36-33(43)45-18-22-10-5-4-6-11-22)32(42)34-21(3)31(41)35-26(17-28(38)39)27(37)19-44-29(40)16-24-14-9-13-23-12-7-8-15-25(23)24/h4-15,20-21,26,30H,16-19H2,1-3H3,(H,34,42)(H,35,41)(H,36,43)(H,38,39). The molecule has 12 heteroatoms. The summed E-state index contributed by atoms with van der Waals surface area (Å²) in [5.74, 6) is -4.82. The van der Waals surface area contributed by atoms with E-state index in [0.717, 1.165) is 16.3 Å². The fraction of sp³-hybridized carbons (Fsp3) is 0.333. The third-order valence-corrected chi connectivity index (χ3v) is 6.86. The van der Waals surface area contributed by atoms with Crippen molar-refractivity contribution in [1.29, 1.82) is 0 Å². The molecule has 3 aromatic carbocycles. The van der Waals surface area contributed by atoms with Crippen LogP contribution in [0.1, 0.15) is 38.3 Å². The third kappa shape index (κ3) is 10.8. The molecule has 0 bridgehead atoms. The van der Waals surface area contributed by atoms with E-state index in [4.69, 9.17) is 9.47 Å². The number of ketones is 1. The number of carbonyl (C=O) groups is 6. The van der Waals surface area contributed by atoms with Gasteiger partial charge in [0.25, 0.3) is 0 Å². The first kappa shape index (κ1) is 34.2. The van der Waals surface area contributed by atoms with Gasteiger partial charge in [0.1, 0.15) is 24.7 Å². The van der Waals surface area contributed by atoms with Crippen molar-refractivity contribution in [3.8, 4) is 0 Å². The Morgan fingerprint density at radius 1 is 0.756 bits per heavy atom. The maximum absolute atomic E-state index is 12.9. The first-order valence-electron chi connectivity index (χ1n) is 14.4. The first-order chi connectivity index (χ1) is 21.4. The van der Waals surface area contributed by atoms with Crippen molar-refractivity contribution < 1.29 is 43.3 Å². The Labute approximate surface area is 260 Å². The largest absolute Gasteiger partial charge is 0.481 e. The summed E-state index contributed by atoms with van der Waals surface area (Å²) in [6.45, 7) is 3.96. The third-order valence-electron chi connectivity index (χ3n) is 6.86. The highest BCUT2D eigenvalue weighted by Crippen LogP contribution is 2.19. The van der Waals surface area contributed by atoms with Gasteiger partial charge in [-0.3, -0.25) is 24.0 Å². The summed E-state index contributed by atoms with van der Waals surface area (Å²) in [6, 6.07) is 18.1. The number of benzene rings is 3. The van der Waals surface area contributed by atoms with Crippen LogP contribution in [0.4, 0.5) is 4.79 Å². The van der Waals surface area contributed by atoms with Crippen molar-refractivity contribution in [2.24, 2.45) is 5.92 Å². The topological polar surface area (TPSA) is 177 Å². The van der Waals surface area contributed by atoms with Crippen LogP contribution in [0.5, 0.6) is 0 Å². The number of hydrogen-bond acceptors (Lipinski definition) is 8. The fourth-order valence-electron chi connectivity index (χ4n) is 4.42. The van der Waals surface area contributed by atoms with Crippen LogP contribution >= 0.6 is 0 Å². The van der Waals surface area contributed by atoms with E-state index in [-0.39, 0.29) is 18.9 Å². The molecule has 0 aliphatic rings. The van der Waals surface area contributed by atoms with Crippen LogP contribution in [-0.4, -0.2) is 65.5 Å². The SMILES string of the molecule is CC(NC(=O)C(NC(=O)OCc1ccccc1)C(C)C)C(=O)NC(CC(=O)O)C(=O)COC(=O)Cc1cccc2ccccc12. The van der Waals surface area contributed by atoms with E-state index in [2.05, 4.69) is 16.0 Å². The number of amides is 3. The Hall–Kier alpha value is -5.26. The van der Waals surface area contributed by atoms with E-state index in [1.807, 2.05) is 36.4 Å². The van der Waals surface area contributed by atoms with Gasteiger partial charge in [-0.1, -0.05) is 86.6 Å². The molecule has 0 aliphatic carbocycles. The number of nitrogens with one attached hydrogen (secondary N) is 3. The lowest BCUT2D eigenvalue weighted by Gasteiger charge is -2.24. The Bertz CT molecular complexity index is 1520. The van der Waals surface area contributed by atoms with Gasteiger partial charge in [-0.05, 0) is 34.7 Å². The fourth-order valence-corrected chi connectivity index (χ4v) is 4.42. The lowest BCUT2D eigenvalue weighted by Crippen LogP contribution is -2.56. The van der Waals surface area contributed by atoms with Crippen LogP contribution in [0.15, 0.2) is 72.8 Å². The quantitative estimate of drug-likeness (QED) is 0.186. The molecule has 4 N–H and O–H groups in total. The number of carboxylic acid groups (broad SMARTS) is 1. The van der Waals surface area contributed by atoms with Crippen molar-refractivity contribution in [2.45, 2.75) is 58.3 Å². The Morgan fingerprint density at radius 2 is 1.42 bits per heavy atom. The highest BCUT2D eigenvalue weighted by molar-refractivity contribution is 5.96. The smallest absolute Gasteiger partial charge is 0.408 e. The van der Waals surface area contributed by atoms with Crippen LogP contribution in [0, 0.1) is 5.92 Å². The number of hydrogen-bond donors (Lipinski definition) is 4. The molecule has 3 rings (SSSR count). The van der Waals surface area contributed by atoms with Gasteiger partial charge in [-0.2, -0.15) is 0 Å². The van der Waals surface area contributed by atoms with Crippen LogP contribution in [0.2, 0.25) is 0 Å². The maximum Gasteiger partial charge on any atom is 0.408 e. The monoisotopic (exact) mass is 619 g/mol. The zero-order valence-corrected chi connectivity index (χ0v) is 25.3. The van der Waals surface area contributed by atoms with Gasteiger partial charge in [-0.15, -0.1) is 0 Å². The molecule has 3 unspecified atom stereocenters. The summed E-state index contributed by atoms with van der Waals surface area (Å²) in [5, 5.41) is 18.4. The van der Waals surface area contributed by atoms with Crippen LogP contribution < -0.4 is 16.0 Å². The second-order valence-corrected chi connectivity index (χ2v) is 10.8. The predicted octanol–water partition coefficient (Wildman–Crippen LogP) is 2.91. The van der Waals surface area contributed by atoms with Gasteiger partial charge < -0.3 is 30.5 Å². The summed E-state index contributed by atoms with van der Waals surface area (Å²) >= 11 is 0. The molecule has 3 atom stereocenters. The van der Waals surface area contributed by atoms with Gasteiger partial charge in [-0.25, -0.2) is 4.79 Å². The first-order valence-corrected chi connectivity index (χ1v) is 14.4. The predicted molar refractivity (Wildman–Crippen MR) is 164 cm³/mol.